The summed E-state index contributed by atoms with van der Waals surface area (Å²) in [5.41, 5.74) is 3.28. The molecule has 1 amide bonds. The second-order valence-electron chi connectivity index (χ2n) is 7.92. The zero-order valence-electron chi connectivity index (χ0n) is 18.5. The number of fused-ring (bicyclic) bond motifs is 3. The molecule has 0 spiro atoms. The Balaban J connectivity index is 1.42. The van der Waals surface area contributed by atoms with Crippen molar-refractivity contribution in [2.24, 2.45) is 4.40 Å². The van der Waals surface area contributed by atoms with Gasteiger partial charge in [-0.15, -0.1) is 4.40 Å². The van der Waals surface area contributed by atoms with E-state index in [1.54, 1.807) is 12.1 Å². The minimum absolute atomic E-state index is 0.0143. The first kappa shape index (κ1) is 22.5. The number of thioether (sulfide) groups is 1. The summed E-state index contributed by atoms with van der Waals surface area (Å²) in [5.74, 6) is 0.548. The van der Waals surface area contributed by atoms with Crippen LogP contribution < -0.4 is 15.0 Å². The number of nitrogens with zero attached hydrogens (tertiary/aromatic N) is 2. The van der Waals surface area contributed by atoms with Crippen molar-refractivity contribution in [1.82, 2.24) is 5.32 Å². The van der Waals surface area contributed by atoms with Gasteiger partial charge in [0.2, 0.25) is 0 Å². The first-order valence-electron chi connectivity index (χ1n) is 10.9. The van der Waals surface area contributed by atoms with Crippen molar-refractivity contribution in [1.29, 1.82) is 0 Å². The van der Waals surface area contributed by atoms with Gasteiger partial charge in [0.05, 0.1) is 24.1 Å². The smallest absolute Gasteiger partial charge is 0.257 e. The van der Waals surface area contributed by atoms with Gasteiger partial charge in [0.15, 0.2) is 5.17 Å². The van der Waals surface area contributed by atoms with E-state index < -0.39 is 10.0 Å². The first-order valence-corrected chi connectivity index (χ1v) is 13.4. The third-order valence-corrected chi connectivity index (χ3v) is 7.97. The molecule has 9 heteroatoms. The fourth-order valence-electron chi connectivity index (χ4n) is 4.01. The Kier molecular flexibility index (Phi) is 6.05. The van der Waals surface area contributed by atoms with Crippen molar-refractivity contribution < 1.29 is 17.9 Å². The molecule has 2 heterocycles. The van der Waals surface area contributed by atoms with E-state index in [2.05, 4.69) is 9.71 Å². The van der Waals surface area contributed by atoms with Crippen LogP contribution in [-0.2, 0) is 10.0 Å². The molecule has 0 aliphatic carbocycles. The van der Waals surface area contributed by atoms with Crippen LogP contribution in [0.25, 0.3) is 0 Å². The number of carbonyl (C=O) groups is 1. The monoisotopic (exact) mass is 493 g/mol. The Morgan fingerprint density at radius 2 is 1.82 bits per heavy atom. The highest BCUT2D eigenvalue weighted by atomic mass is 32.2. The van der Waals surface area contributed by atoms with E-state index in [-0.39, 0.29) is 17.7 Å². The molecular formula is C25H23N3O4S2. The van der Waals surface area contributed by atoms with E-state index in [9.17, 15) is 13.2 Å². The fraction of sp³-hybridized carbons (Fsp3) is 0.200. The summed E-state index contributed by atoms with van der Waals surface area (Å²) in [6, 6.07) is 22.6. The van der Waals surface area contributed by atoms with Gasteiger partial charge in [0, 0.05) is 17.0 Å². The molecule has 3 aromatic rings. The van der Waals surface area contributed by atoms with Crippen LogP contribution >= 0.6 is 11.8 Å². The summed E-state index contributed by atoms with van der Waals surface area (Å²) in [7, 11) is -3.43. The van der Waals surface area contributed by atoms with Crippen molar-refractivity contribution >= 4 is 38.5 Å². The number of hydrogen-bond acceptors (Lipinski definition) is 6. The SMILES string of the molecule is CCOc1ccc(C(NC(=O)c2ccc3c(c2)SC2=NS(=O)(=O)CCN23)c2ccccc2)cc1. The minimum atomic E-state index is -3.43. The predicted octanol–water partition coefficient (Wildman–Crippen LogP) is 4.22. The van der Waals surface area contributed by atoms with Crippen LogP contribution in [0.5, 0.6) is 5.75 Å². The zero-order valence-corrected chi connectivity index (χ0v) is 20.1. The summed E-state index contributed by atoms with van der Waals surface area (Å²) in [6.45, 7) is 2.89. The highest BCUT2D eigenvalue weighted by Gasteiger charge is 2.33. The summed E-state index contributed by atoms with van der Waals surface area (Å²) in [4.78, 5) is 16.0. The molecule has 1 unspecified atom stereocenters. The number of sulfonamides is 1. The Morgan fingerprint density at radius 1 is 1.09 bits per heavy atom. The number of carbonyl (C=O) groups excluding carboxylic acids is 1. The minimum Gasteiger partial charge on any atom is -0.494 e. The maximum Gasteiger partial charge on any atom is 0.257 e. The average Bonchev–Trinajstić information content (AvgIpc) is 3.19. The number of amides is 1. The van der Waals surface area contributed by atoms with Gasteiger partial charge in [0.1, 0.15) is 5.75 Å². The van der Waals surface area contributed by atoms with Crippen LogP contribution in [0.4, 0.5) is 5.69 Å². The molecule has 0 bridgehead atoms. The Bertz CT molecular complexity index is 1360. The Hall–Kier alpha value is -3.30. The lowest BCUT2D eigenvalue weighted by Gasteiger charge is -2.22. The maximum atomic E-state index is 13.3. The zero-order chi connectivity index (χ0) is 23.7. The molecule has 1 N–H and O–H groups in total. The van der Waals surface area contributed by atoms with Crippen molar-refractivity contribution in [3.05, 3.63) is 89.5 Å². The molecule has 0 radical (unpaired) electrons. The van der Waals surface area contributed by atoms with Crippen molar-refractivity contribution in [3.63, 3.8) is 0 Å². The number of ether oxygens (including phenoxy) is 1. The third kappa shape index (κ3) is 4.53. The molecule has 0 saturated heterocycles. The summed E-state index contributed by atoms with van der Waals surface area (Å²) in [5, 5.41) is 3.60. The maximum absolute atomic E-state index is 13.3. The quantitative estimate of drug-likeness (QED) is 0.553. The van der Waals surface area contributed by atoms with Gasteiger partial charge >= 0.3 is 0 Å². The standard InChI is InChI=1S/C25H23N3O4S2/c1-2-32-20-11-8-18(9-12-20)23(17-6-4-3-5-7-17)26-24(29)19-10-13-21-22(16-19)33-25-27-34(30,31)15-14-28(21)25/h3-13,16,23H,2,14-15H2,1H3,(H,26,29). The molecule has 174 valence electrons. The molecule has 3 aromatic carbocycles. The van der Waals surface area contributed by atoms with E-state index >= 15 is 0 Å². The van der Waals surface area contributed by atoms with Crippen LogP contribution in [0.3, 0.4) is 0 Å². The second kappa shape index (κ2) is 9.15. The van der Waals surface area contributed by atoms with E-state index in [1.807, 2.05) is 72.5 Å². The second-order valence-corrected chi connectivity index (χ2v) is 10.7. The third-order valence-electron chi connectivity index (χ3n) is 5.67. The Morgan fingerprint density at radius 3 is 2.56 bits per heavy atom. The van der Waals surface area contributed by atoms with Crippen LogP contribution in [-0.4, -0.2) is 38.4 Å². The van der Waals surface area contributed by atoms with Gasteiger partial charge in [-0.05, 0) is 60.1 Å². The van der Waals surface area contributed by atoms with Gasteiger partial charge in [-0.1, -0.05) is 42.5 Å². The van der Waals surface area contributed by atoms with E-state index in [1.165, 1.54) is 11.8 Å². The van der Waals surface area contributed by atoms with Crippen LogP contribution in [0.15, 0.2) is 82.1 Å². The highest BCUT2D eigenvalue weighted by Crippen LogP contribution is 2.42. The van der Waals surface area contributed by atoms with Crippen molar-refractivity contribution in [2.75, 3.05) is 23.8 Å². The molecule has 1 atom stereocenters. The topological polar surface area (TPSA) is 88.1 Å². The molecule has 2 aliphatic rings. The van der Waals surface area contributed by atoms with Gasteiger partial charge in [0.25, 0.3) is 15.9 Å². The first-order chi connectivity index (χ1) is 16.4. The highest BCUT2D eigenvalue weighted by molar-refractivity contribution is 8.15. The number of amidine groups is 1. The van der Waals surface area contributed by atoms with E-state index in [4.69, 9.17) is 4.74 Å². The van der Waals surface area contributed by atoms with Gasteiger partial charge in [-0.25, -0.2) is 8.42 Å². The largest absolute Gasteiger partial charge is 0.494 e. The van der Waals surface area contributed by atoms with Crippen LogP contribution in [0, 0.1) is 0 Å². The van der Waals surface area contributed by atoms with Crippen LogP contribution in [0.2, 0.25) is 0 Å². The molecule has 0 fully saturated rings. The summed E-state index contributed by atoms with van der Waals surface area (Å²) < 4.78 is 33.2. The van der Waals surface area contributed by atoms with Gasteiger partial charge in [-0.3, -0.25) is 4.79 Å². The number of anilines is 1. The Labute approximate surface area is 202 Å². The molecule has 2 aliphatic heterocycles. The normalized spacial score (nSPS) is 16.7. The van der Waals surface area contributed by atoms with Crippen LogP contribution in [0.1, 0.15) is 34.5 Å². The van der Waals surface area contributed by atoms with Crippen molar-refractivity contribution in [2.45, 2.75) is 17.9 Å². The van der Waals surface area contributed by atoms with E-state index in [0.29, 0.717) is 23.9 Å². The summed E-state index contributed by atoms with van der Waals surface area (Å²) in [6.07, 6.45) is 0. The van der Waals surface area contributed by atoms with Crippen molar-refractivity contribution in [3.8, 4) is 5.75 Å². The molecule has 34 heavy (non-hydrogen) atoms. The van der Waals surface area contributed by atoms with Gasteiger partial charge < -0.3 is 15.0 Å². The fourth-order valence-corrected chi connectivity index (χ4v) is 6.31. The van der Waals surface area contributed by atoms with E-state index in [0.717, 1.165) is 27.5 Å². The molecule has 7 nitrogen and oxygen atoms in total. The lowest BCUT2D eigenvalue weighted by atomic mass is 9.98. The van der Waals surface area contributed by atoms with Gasteiger partial charge in [-0.2, -0.15) is 0 Å². The number of nitrogens with one attached hydrogen (secondary N) is 1. The predicted molar refractivity (Wildman–Crippen MR) is 134 cm³/mol. The lowest BCUT2D eigenvalue weighted by Crippen LogP contribution is -2.35. The lowest BCUT2D eigenvalue weighted by molar-refractivity contribution is 0.0942. The molecule has 0 aromatic heterocycles. The number of rotatable bonds is 6. The molecular weight excluding hydrogens is 470 g/mol. The summed E-state index contributed by atoms with van der Waals surface area (Å²) >= 11 is 1.27. The molecule has 5 rings (SSSR count). The number of benzene rings is 3. The molecule has 0 saturated carbocycles. The average molecular weight is 494 g/mol. The number of hydrogen-bond donors (Lipinski definition) is 1.